The van der Waals surface area contributed by atoms with Gasteiger partial charge in [0.1, 0.15) is 0 Å². The number of aromatic nitrogens is 2. The van der Waals surface area contributed by atoms with Crippen molar-refractivity contribution in [2.45, 2.75) is 13.3 Å². The first kappa shape index (κ1) is 11.9. The van der Waals surface area contributed by atoms with Crippen LogP contribution in [0.1, 0.15) is 17.0 Å². The molecule has 0 aliphatic rings. The predicted molar refractivity (Wildman–Crippen MR) is 66.8 cm³/mol. The third-order valence-electron chi connectivity index (χ3n) is 2.40. The average Bonchev–Trinajstić information content (AvgIpc) is 2.75. The van der Waals surface area contributed by atoms with E-state index in [1.54, 1.807) is 24.3 Å². The summed E-state index contributed by atoms with van der Waals surface area (Å²) in [5.74, 6) is -0.133. The quantitative estimate of drug-likeness (QED) is 0.857. The highest BCUT2D eigenvalue weighted by atomic mass is 16.1. The molecule has 1 amide bonds. The molecule has 0 atom stereocenters. The Morgan fingerprint density at radius 3 is 2.72 bits per heavy atom. The van der Waals surface area contributed by atoms with Crippen LogP contribution in [0.5, 0.6) is 0 Å². The van der Waals surface area contributed by atoms with Crippen LogP contribution in [-0.4, -0.2) is 16.1 Å². The first-order chi connectivity index (χ1) is 8.67. The summed E-state index contributed by atoms with van der Waals surface area (Å²) in [6, 6.07) is 10.6. The lowest BCUT2D eigenvalue weighted by Crippen LogP contribution is -2.14. The smallest absolute Gasteiger partial charge is 0.230 e. The van der Waals surface area contributed by atoms with Gasteiger partial charge in [-0.05, 0) is 37.3 Å². The molecule has 0 saturated heterocycles. The number of hydrogen-bond donors (Lipinski definition) is 2. The van der Waals surface area contributed by atoms with Gasteiger partial charge in [-0.1, -0.05) is 0 Å². The number of H-pyrrole nitrogens is 1. The zero-order valence-corrected chi connectivity index (χ0v) is 9.90. The summed E-state index contributed by atoms with van der Waals surface area (Å²) in [6.45, 7) is 1.88. The number of benzene rings is 1. The molecule has 5 nitrogen and oxygen atoms in total. The lowest BCUT2D eigenvalue weighted by molar-refractivity contribution is -0.115. The SMILES string of the molecule is Cc1cc(CC(=O)Nc2ccc(C#N)cc2)n[nH]1. The van der Waals surface area contributed by atoms with E-state index in [2.05, 4.69) is 15.5 Å². The topological polar surface area (TPSA) is 81.6 Å². The molecule has 0 spiro atoms. The van der Waals surface area contributed by atoms with Gasteiger partial charge >= 0.3 is 0 Å². The van der Waals surface area contributed by atoms with Crippen LogP contribution in [0.2, 0.25) is 0 Å². The fourth-order valence-electron chi connectivity index (χ4n) is 1.56. The Hall–Kier alpha value is -2.61. The Morgan fingerprint density at radius 1 is 1.44 bits per heavy atom. The van der Waals surface area contributed by atoms with E-state index in [4.69, 9.17) is 5.26 Å². The molecule has 2 N–H and O–H groups in total. The maximum atomic E-state index is 11.7. The highest BCUT2D eigenvalue weighted by Gasteiger charge is 2.06. The van der Waals surface area contributed by atoms with E-state index in [0.29, 0.717) is 16.9 Å². The second-order valence-corrected chi connectivity index (χ2v) is 3.96. The molecular weight excluding hydrogens is 228 g/mol. The van der Waals surface area contributed by atoms with Gasteiger partial charge in [-0.3, -0.25) is 9.89 Å². The van der Waals surface area contributed by atoms with Crippen LogP contribution in [0.4, 0.5) is 5.69 Å². The predicted octanol–water partition coefficient (Wildman–Crippen LogP) is 1.77. The fraction of sp³-hybridized carbons (Fsp3) is 0.154. The zero-order valence-electron chi connectivity index (χ0n) is 9.90. The highest BCUT2D eigenvalue weighted by molar-refractivity contribution is 5.92. The van der Waals surface area contributed by atoms with Crippen molar-refractivity contribution in [3.8, 4) is 6.07 Å². The largest absolute Gasteiger partial charge is 0.326 e. The number of carbonyl (C=O) groups is 1. The Bertz CT molecular complexity index is 592. The minimum absolute atomic E-state index is 0.133. The second kappa shape index (κ2) is 5.15. The molecular formula is C13H12N4O. The summed E-state index contributed by atoms with van der Waals surface area (Å²) in [5.41, 5.74) is 2.87. The third kappa shape index (κ3) is 2.95. The molecule has 0 saturated carbocycles. The number of amides is 1. The van der Waals surface area contributed by atoms with E-state index in [1.165, 1.54) is 0 Å². The van der Waals surface area contributed by atoms with Crippen LogP contribution in [-0.2, 0) is 11.2 Å². The number of aromatic amines is 1. The summed E-state index contributed by atoms with van der Waals surface area (Å²) >= 11 is 0. The molecule has 1 aromatic carbocycles. The maximum absolute atomic E-state index is 11.7. The van der Waals surface area contributed by atoms with Gasteiger partial charge in [-0.25, -0.2) is 0 Å². The van der Waals surface area contributed by atoms with E-state index < -0.39 is 0 Å². The van der Waals surface area contributed by atoms with Crippen LogP contribution >= 0.6 is 0 Å². The van der Waals surface area contributed by atoms with Gasteiger partial charge in [0.2, 0.25) is 5.91 Å². The number of aryl methyl sites for hydroxylation is 1. The van der Waals surface area contributed by atoms with E-state index in [0.717, 1.165) is 5.69 Å². The number of nitrogens with zero attached hydrogens (tertiary/aromatic N) is 2. The van der Waals surface area contributed by atoms with Gasteiger partial charge in [0.15, 0.2) is 0 Å². The van der Waals surface area contributed by atoms with Crippen molar-refractivity contribution in [3.63, 3.8) is 0 Å². The normalized spacial score (nSPS) is 9.78. The van der Waals surface area contributed by atoms with Crippen molar-refractivity contribution < 1.29 is 4.79 Å². The van der Waals surface area contributed by atoms with Gasteiger partial charge in [0.25, 0.3) is 0 Å². The standard InChI is InChI=1S/C13H12N4O/c1-9-6-12(17-16-9)7-13(18)15-11-4-2-10(8-14)3-5-11/h2-6H,7H2,1H3,(H,15,18)(H,16,17). The van der Waals surface area contributed by atoms with Gasteiger partial charge in [-0.2, -0.15) is 10.4 Å². The lowest BCUT2D eigenvalue weighted by Gasteiger charge is -2.03. The van der Waals surface area contributed by atoms with Gasteiger partial charge in [0.05, 0.1) is 23.7 Å². The molecule has 0 aliphatic carbocycles. The van der Waals surface area contributed by atoms with Crippen LogP contribution in [0, 0.1) is 18.3 Å². The fourth-order valence-corrected chi connectivity index (χ4v) is 1.56. The number of hydrogen-bond acceptors (Lipinski definition) is 3. The van der Waals surface area contributed by atoms with Crippen molar-refractivity contribution >= 4 is 11.6 Å². The molecule has 18 heavy (non-hydrogen) atoms. The molecule has 0 bridgehead atoms. The van der Waals surface area contributed by atoms with E-state index in [9.17, 15) is 4.79 Å². The molecule has 5 heteroatoms. The summed E-state index contributed by atoms with van der Waals surface area (Å²) < 4.78 is 0. The van der Waals surface area contributed by atoms with Crippen LogP contribution in [0.3, 0.4) is 0 Å². The van der Waals surface area contributed by atoms with Gasteiger partial charge < -0.3 is 5.32 Å². The molecule has 0 aliphatic heterocycles. The molecule has 2 rings (SSSR count). The number of carbonyl (C=O) groups excluding carboxylic acids is 1. The maximum Gasteiger partial charge on any atom is 0.230 e. The lowest BCUT2D eigenvalue weighted by atomic mass is 10.2. The minimum Gasteiger partial charge on any atom is -0.326 e. The third-order valence-corrected chi connectivity index (χ3v) is 2.40. The Kier molecular flexibility index (Phi) is 3.39. The van der Waals surface area contributed by atoms with Crippen molar-refractivity contribution in [2.75, 3.05) is 5.32 Å². The van der Waals surface area contributed by atoms with Crippen LogP contribution in [0.15, 0.2) is 30.3 Å². The van der Waals surface area contributed by atoms with Crippen molar-refractivity contribution in [1.29, 1.82) is 5.26 Å². The summed E-state index contributed by atoms with van der Waals surface area (Å²) in [6.07, 6.45) is 0.227. The van der Waals surface area contributed by atoms with Gasteiger partial charge in [0, 0.05) is 11.4 Å². The van der Waals surface area contributed by atoms with Crippen molar-refractivity contribution in [2.24, 2.45) is 0 Å². The first-order valence-electron chi connectivity index (χ1n) is 5.48. The first-order valence-corrected chi connectivity index (χ1v) is 5.48. The Morgan fingerprint density at radius 2 is 2.17 bits per heavy atom. The molecule has 0 unspecified atom stereocenters. The van der Waals surface area contributed by atoms with Crippen molar-refractivity contribution in [3.05, 3.63) is 47.3 Å². The number of nitrogens with one attached hydrogen (secondary N) is 2. The monoisotopic (exact) mass is 240 g/mol. The van der Waals surface area contributed by atoms with Crippen LogP contribution in [0.25, 0.3) is 0 Å². The van der Waals surface area contributed by atoms with E-state index in [-0.39, 0.29) is 12.3 Å². The van der Waals surface area contributed by atoms with Gasteiger partial charge in [-0.15, -0.1) is 0 Å². The molecule has 0 radical (unpaired) electrons. The Labute approximate surface area is 104 Å². The summed E-state index contributed by atoms with van der Waals surface area (Å²) in [7, 11) is 0. The highest BCUT2D eigenvalue weighted by Crippen LogP contribution is 2.09. The summed E-state index contributed by atoms with van der Waals surface area (Å²) in [5, 5.41) is 18.2. The zero-order chi connectivity index (χ0) is 13.0. The number of nitriles is 1. The average molecular weight is 240 g/mol. The second-order valence-electron chi connectivity index (χ2n) is 3.96. The molecule has 1 heterocycles. The Balaban J connectivity index is 1.96. The molecule has 1 aromatic heterocycles. The number of rotatable bonds is 3. The molecule has 90 valence electrons. The summed E-state index contributed by atoms with van der Waals surface area (Å²) in [4.78, 5) is 11.7. The number of anilines is 1. The van der Waals surface area contributed by atoms with E-state index >= 15 is 0 Å². The molecule has 0 fully saturated rings. The van der Waals surface area contributed by atoms with Crippen molar-refractivity contribution in [1.82, 2.24) is 10.2 Å². The minimum atomic E-state index is -0.133. The van der Waals surface area contributed by atoms with Crippen LogP contribution < -0.4 is 5.32 Å². The molecule has 2 aromatic rings. The van der Waals surface area contributed by atoms with E-state index in [1.807, 2.05) is 19.1 Å².